The molecule has 3 heteroatoms. The van der Waals surface area contributed by atoms with E-state index < -0.39 is 0 Å². The third-order valence-electron chi connectivity index (χ3n) is 0.708. The Morgan fingerprint density at radius 1 is 1.22 bits per heavy atom. The van der Waals surface area contributed by atoms with Crippen molar-refractivity contribution in [2.24, 2.45) is 15.6 Å². The van der Waals surface area contributed by atoms with Crippen LogP contribution in [0, 0.1) is 5.41 Å². The van der Waals surface area contributed by atoms with Gasteiger partial charge in [-0.1, -0.05) is 20.8 Å². The van der Waals surface area contributed by atoms with Gasteiger partial charge in [-0.15, -0.1) is 0 Å². The van der Waals surface area contributed by atoms with Crippen molar-refractivity contribution in [1.29, 1.82) is 0 Å². The zero-order chi connectivity index (χ0) is 7.33. The molecule has 3 nitrogen and oxygen atoms in total. The van der Waals surface area contributed by atoms with E-state index >= 15 is 0 Å². The zero-order valence-corrected chi connectivity index (χ0v) is 6.26. The summed E-state index contributed by atoms with van der Waals surface area (Å²) in [5.74, 6) is 0. The van der Waals surface area contributed by atoms with Gasteiger partial charge < -0.3 is 5.11 Å². The van der Waals surface area contributed by atoms with Crippen LogP contribution in [0.5, 0.6) is 0 Å². The minimum Gasteiger partial charge on any atom is -0.373 e. The van der Waals surface area contributed by atoms with E-state index in [1.807, 2.05) is 0 Å². The van der Waals surface area contributed by atoms with Crippen LogP contribution in [0.1, 0.15) is 20.8 Å². The zero-order valence-electron chi connectivity index (χ0n) is 6.26. The standard InChI is InChI=1S/C6H14N2O/c1-6(2,3)4-7-8-5-9/h9H,4-5H2,1-3H3/b8-7+. The van der Waals surface area contributed by atoms with Crippen molar-refractivity contribution < 1.29 is 5.11 Å². The lowest BCUT2D eigenvalue weighted by Crippen LogP contribution is -2.08. The molecule has 0 radical (unpaired) electrons. The minimum atomic E-state index is -0.198. The number of aliphatic hydroxyl groups excluding tert-OH is 1. The van der Waals surface area contributed by atoms with E-state index in [1.165, 1.54) is 0 Å². The van der Waals surface area contributed by atoms with Gasteiger partial charge in [-0.25, -0.2) is 0 Å². The highest BCUT2D eigenvalue weighted by atomic mass is 16.3. The minimum absolute atomic E-state index is 0.179. The molecule has 0 unspecified atom stereocenters. The lowest BCUT2D eigenvalue weighted by atomic mass is 9.98. The van der Waals surface area contributed by atoms with Crippen LogP contribution in [-0.2, 0) is 0 Å². The van der Waals surface area contributed by atoms with E-state index in [4.69, 9.17) is 5.11 Å². The number of hydrogen-bond acceptors (Lipinski definition) is 3. The van der Waals surface area contributed by atoms with Crippen molar-refractivity contribution in [3.05, 3.63) is 0 Å². The van der Waals surface area contributed by atoms with Crippen LogP contribution in [0.3, 0.4) is 0 Å². The van der Waals surface area contributed by atoms with Gasteiger partial charge in [-0.05, 0) is 5.41 Å². The largest absolute Gasteiger partial charge is 0.373 e. The first kappa shape index (κ1) is 8.56. The Hall–Kier alpha value is -0.440. The van der Waals surface area contributed by atoms with Crippen molar-refractivity contribution >= 4 is 0 Å². The molecule has 0 aliphatic carbocycles. The summed E-state index contributed by atoms with van der Waals surface area (Å²) < 4.78 is 0. The van der Waals surface area contributed by atoms with Crippen LogP contribution < -0.4 is 0 Å². The summed E-state index contributed by atoms with van der Waals surface area (Å²) in [6.07, 6.45) is 0. The molecule has 0 aliphatic heterocycles. The number of nitrogens with zero attached hydrogens (tertiary/aromatic N) is 2. The smallest absolute Gasteiger partial charge is 0.154 e. The molecule has 54 valence electrons. The lowest BCUT2D eigenvalue weighted by Gasteiger charge is -2.12. The van der Waals surface area contributed by atoms with Crippen molar-refractivity contribution in [2.75, 3.05) is 13.3 Å². The monoisotopic (exact) mass is 130 g/mol. The molecular formula is C6H14N2O. The van der Waals surface area contributed by atoms with Crippen LogP contribution in [0.15, 0.2) is 10.2 Å². The fourth-order valence-corrected chi connectivity index (χ4v) is 0.307. The molecule has 0 aliphatic rings. The van der Waals surface area contributed by atoms with Crippen LogP contribution in [-0.4, -0.2) is 18.4 Å². The molecule has 0 amide bonds. The molecule has 0 atom stereocenters. The van der Waals surface area contributed by atoms with Crippen molar-refractivity contribution in [1.82, 2.24) is 0 Å². The third-order valence-corrected chi connectivity index (χ3v) is 0.708. The Bertz CT molecular complexity index is 93.7. The Morgan fingerprint density at radius 2 is 1.78 bits per heavy atom. The summed E-state index contributed by atoms with van der Waals surface area (Å²) in [6, 6.07) is 0. The van der Waals surface area contributed by atoms with Gasteiger partial charge in [0.15, 0.2) is 6.73 Å². The van der Waals surface area contributed by atoms with Gasteiger partial charge in [0.25, 0.3) is 0 Å². The summed E-state index contributed by atoms with van der Waals surface area (Å²) in [5.41, 5.74) is 0.179. The first-order chi connectivity index (χ1) is 4.06. The Kier molecular flexibility index (Phi) is 3.39. The maximum Gasteiger partial charge on any atom is 0.154 e. The Balaban J connectivity index is 3.38. The highest BCUT2D eigenvalue weighted by Gasteiger charge is 2.07. The SMILES string of the molecule is CC(C)(C)C/N=N/CO. The predicted octanol–water partition coefficient (Wildman–Crippen LogP) is 1.43. The van der Waals surface area contributed by atoms with E-state index in [9.17, 15) is 0 Å². The van der Waals surface area contributed by atoms with Gasteiger partial charge in [-0.2, -0.15) is 10.2 Å². The molecule has 0 rings (SSSR count). The number of hydrogen-bond donors (Lipinski definition) is 1. The van der Waals surface area contributed by atoms with E-state index in [0.29, 0.717) is 6.54 Å². The van der Waals surface area contributed by atoms with Crippen LogP contribution >= 0.6 is 0 Å². The second kappa shape index (κ2) is 3.56. The average molecular weight is 130 g/mol. The number of rotatable bonds is 2. The number of azo groups is 1. The molecule has 0 aromatic rings. The predicted molar refractivity (Wildman–Crippen MR) is 36.3 cm³/mol. The van der Waals surface area contributed by atoms with E-state index in [0.717, 1.165) is 0 Å². The number of aliphatic hydroxyl groups is 1. The van der Waals surface area contributed by atoms with Gasteiger partial charge >= 0.3 is 0 Å². The van der Waals surface area contributed by atoms with Crippen LogP contribution in [0.25, 0.3) is 0 Å². The van der Waals surface area contributed by atoms with Crippen LogP contribution in [0.4, 0.5) is 0 Å². The first-order valence-electron chi connectivity index (χ1n) is 3.00. The van der Waals surface area contributed by atoms with Crippen molar-refractivity contribution in [3.8, 4) is 0 Å². The van der Waals surface area contributed by atoms with Crippen LogP contribution in [0.2, 0.25) is 0 Å². The molecular weight excluding hydrogens is 116 g/mol. The van der Waals surface area contributed by atoms with Gasteiger partial charge in [0, 0.05) is 0 Å². The molecule has 0 bridgehead atoms. The fourth-order valence-electron chi connectivity index (χ4n) is 0.307. The van der Waals surface area contributed by atoms with E-state index in [1.54, 1.807) is 0 Å². The molecule has 0 heterocycles. The molecule has 0 aromatic heterocycles. The summed E-state index contributed by atoms with van der Waals surface area (Å²) in [6.45, 7) is 6.69. The second-order valence-corrected chi connectivity index (χ2v) is 3.14. The topological polar surface area (TPSA) is 45.0 Å². The summed E-state index contributed by atoms with van der Waals surface area (Å²) in [7, 11) is 0. The normalized spacial score (nSPS) is 12.9. The molecule has 1 N–H and O–H groups in total. The van der Waals surface area contributed by atoms with Gasteiger partial charge in [0.1, 0.15) is 0 Å². The maximum absolute atomic E-state index is 8.20. The Labute approximate surface area is 55.8 Å². The molecule has 0 aromatic carbocycles. The summed E-state index contributed by atoms with van der Waals surface area (Å²) in [4.78, 5) is 0. The summed E-state index contributed by atoms with van der Waals surface area (Å²) >= 11 is 0. The van der Waals surface area contributed by atoms with Crippen molar-refractivity contribution in [2.45, 2.75) is 20.8 Å². The van der Waals surface area contributed by atoms with E-state index in [-0.39, 0.29) is 12.1 Å². The fraction of sp³-hybridized carbons (Fsp3) is 1.00. The maximum atomic E-state index is 8.20. The first-order valence-corrected chi connectivity index (χ1v) is 3.00. The van der Waals surface area contributed by atoms with Gasteiger partial charge in [-0.3, -0.25) is 0 Å². The molecule has 0 spiro atoms. The second-order valence-electron chi connectivity index (χ2n) is 3.14. The summed E-state index contributed by atoms with van der Waals surface area (Å²) in [5, 5.41) is 15.4. The molecule has 0 saturated carbocycles. The van der Waals surface area contributed by atoms with Gasteiger partial charge in [0.05, 0.1) is 6.54 Å². The van der Waals surface area contributed by atoms with E-state index in [2.05, 4.69) is 31.0 Å². The molecule has 9 heavy (non-hydrogen) atoms. The quantitative estimate of drug-likeness (QED) is 0.565. The van der Waals surface area contributed by atoms with Gasteiger partial charge in [0.2, 0.25) is 0 Å². The third kappa shape index (κ3) is 7.56. The molecule has 0 fully saturated rings. The lowest BCUT2D eigenvalue weighted by molar-refractivity contribution is 0.294. The molecule has 0 saturated heterocycles. The van der Waals surface area contributed by atoms with Crippen molar-refractivity contribution in [3.63, 3.8) is 0 Å². The Morgan fingerprint density at radius 3 is 2.11 bits per heavy atom. The highest BCUT2D eigenvalue weighted by Crippen LogP contribution is 2.12. The highest BCUT2D eigenvalue weighted by molar-refractivity contribution is 4.62. The average Bonchev–Trinajstić information content (AvgIpc) is 1.63.